The number of nitrogens with zero attached hydrogens (tertiary/aromatic N) is 4. The van der Waals surface area contributed by atoms with E-state index < -0.39 is 0 Å². The molecule has 0 radical (unpaired) electrons. The van der Waals surface area contributed by atoms with Gasteiger partial charge in [-0.05, 0) is 62.1 Å². The van der Waals surface area contributed by atoms with Crippen LogP contribution in [0.5, 0.6) is 0 Å². The average Bonchev–Trinajstić information content (AvgIpc) is 3.19. The average molecular weight is 397 g/mol. The third-order valence-electron chi connectivity index (χ3n) is 6.38. The van der Waals surface area contributed by atoms with Gasteiger partial charge >= 0.3 is 0 Å². The van der Waals surface area contributed by atoms with Crippen LogP contribution in [0.25, 0.3) is 28.0 Å². The van der Waals surface area contributed by atoms with Gasteiger partial charge in [-0.25, -0.2) is 9.50 Å². The van der Waals surface area contributed by atoms with E-state index >= 15 is 0 Å². The van der Waals surface area contributed by atoms with Crippen LogP contribution in [0.15, 0.2) is 66.9 Å². The Morgan fingerprint density at radius 2 is 1.77 bits per heavy atom. The van der Waals surface area contributed by atoms with Crippen LogP contribution < -0.4 is 0 Å². The highest BCUT2D eigenvalue weighted by Crippen LogP contribution is 2.31. The summed E-state index contributed by atoms with van der Waals surface area (Å²) in [4.78, 5) is 7.41. The lowest BCUT2D eigenvalue weighted by Gasteiger charge is -2.32. The van der Waals surface area contributed by atoms with Crippen molar-refractivity contribution >= 4 is 5.65 Å². The molecule has 1 aliphatic rings. The smallest absolute Gasteiger partial charge is 0.154 e. The Labute approximate surface area is 178 Å². The van der Waals surface area contributed by atoms with Gasteiger partial charge in [0.15, 0.2) is 5.65 Å². The van der Waals surface area contributed by atoms with E-state index in [1.165, 1.54) is 42.5 Å². The second-order valence-electron chi connectivity index (χ2n) is 8.41. The highest BCUT2D eigenvalue weighted by molar-refractivity contribution is 5.77. The van der Waals surface area contributed by atoms with E-state index in [0.29, 0.717) is 6.04 Å². The van der Waals surface area contributed by atoms with Crippen molar-refractivity contribution in [2.75, 3.05) is 6.54 Å². The SMILES string of the molecule is Cc1c(-c2ccccc2)cccc1-c1cn2nc(CN3CCCC[C@H]3C)ccc2n1. The molecule has 1 fully saturated rings. The molecule has 4 nitrogen and oxygen atoms in total. The van der Waals surface area contributed by atoms with E-state index in [0.717, 1.165) is 29.1 Å². The second-order valence-corrected chi connectivity index (χ2v) is 8.41. The minimum atomic E-state index is 0.637. The van der Waals surface area contributed by atoms with Gasteiger partial charge in [-0.1, -0.05) is 55.0 Å². The number of rotatable bonds is 4. The molecule has 0 aliphatic carbocycles. The molecule has 2 aromatic carbocycles. The van der Waals surface area contributed by atoms with Crippen LogP contribution in [0.1, 0.15) is 37.4 Å². The molecule has 1 saturated heterocycles. The van der Waals surface area contributed by atoms with Crippen LogP contribution >= 0.6 is 0 Å². The van der Waals surface area contributed by atoms with Crippen molar-refractivity contribution in [1.82, 2.24) is 19.5 Å². The number of likely N-dealkylation sites (tertiary alicyclic amines) is 1. The van der Waals surface area contributed by atoms with Gasteiger partial charge in [0.05, 0.1) is 17.6 Å². The molecular formula is C26H28N4. The molecule has 0 N–H and O–H groups in total. The predicted octanol–water partition coefficient (Wildman–Crippen LogP) is 5.75. The summed E-state index contributed by atoms with van der Waals surface area (Å²) < 4.78 is 1.94. The first-order valence-electron chi connectivity index (χ1n) is 10.9. The van der Waals surface area contributed by atoms with Crippen molar-refractivity contribution in [2.45, 2.75) is 45.7 Å². The lowest BCUT2D eigenvalue weighted by Crippen LogP contribution is -2.37. The van der Waals surface area contributed by atoms with Crippen LogP contribution in [-0.2, 0) is 6.54 Å². The number of hydrogen-bond donors (Lipinski definition) is 0. The van der Waals surface area contributed by atoms with Crippen molar-refractivity contribution in [2.24, 2.45) is 0 Å². The highest BCUT2D eigenvalue weighted by Gasteiger charge is 2.19. The molecule has 4 heteroatoms. The first kappa shape index (κ1) is 19.0. The molecule has 0 spiro atoms. The largest absolute Gasteiger partial charge is 0.295 e. The van der Waals surface area contributed by atoms with E-state index in [2.05, 4.69) is 85.6 Å². The topological polar surface area (TPSA) is 33.4 Å². The van der Waals surface area contributed by atoms with E-state index in [4.69, 9.17) is 10.1 Å². The molecule has 4 aromatic rings. The van der Waals surface area contributed by atoms with Crippen molar-refractivity contribution in [3.8, 4) is 22.4 Å². The summed E-state index contributed by atoms with van der Waals surface area (Å²) in [6.45, 7) is 6.59. The number of aromatic nitrogens is 3. The fourth-order valence-electron chi connectivity index (χ4n) is 4.58. The van der Waals surface area contributed by atoms with Crippen LogP contribution in [0.4, 0.5) is 0 Å². The summed E-state index contributed by atoms with van der Waals surface area (Å²) >= 11 is 0. The third kappa shape index (κ3) is 3.63. The van der Waals surface area contributed by atoms with Crippen molar-refractivity contribution in [1.29, 1.82) is 0 Å². The van der Waals surface area contributed by atoms with Crippen LogP contribution in [0, 0.1) is 6.92 Å². The predicted molar refractivity (Wildman–Crippen MR) is 122 cm³/mol. The normalized spacial score (nSPS) is 17.5. The van der Waals surface area contributed by atoms with Gasteiger partial charge in [-0.15, -0.1) is 0 Å². The maximum absolute atomic E-state index is 4.87. The number of hydrogen-bond acceptors (Lipinski definition) is 3. The number of fused-ring (bicyclic) bond motifs is 1. The van der Waals surface area contributed by atoms with E-state index in [1.807, 2.05) is 4.52 Å². The first-order valence-corrected chi connectivity index (χ1v) is 10.9. The summed E-state index contributed by atoms with van der Waals surface area (Å²) in [6, 6.07) is 21.8. The van der Waals surface area contributed by atoms with E-state index in [9.17, 15) is 0 Å². The minimum Gasteiger partial charge on any atom is -0.295 e. The Morgan fingerprint density at radius 3 is 2.60 bits per heavy atom. The lowest BCUT2D eigenvalue weighted by molar-refractivity contribution is 0.150. The minimum absolute atomic E-state index is 0.637. The number of benzene rings is 2. The zero-order chi connectivity index (χ0) is 20.5. The van der Waals surface area contributed by atoms with Gasteiger partial charge in [-0.3, -0.25) is 4.90 Å². The molecule has 0 saturated carbocycles. The van der Waals surface area contributed by atoms with Crippen molar-refractivity contribution in [3.63, 3.8) is 0 Å². The molecule has 1 atom stereocenters. The quantitative estimate of drug-likeness (QED) is 0.441. The zero-order valence-corrected chi connectivity index (χ0v) is 17.8. The third-order valence-corrected chi connectivity index (χ3v) is 6.38. The van der Waals surface area contributed by atoms with Gasteiger partial charge in [0, 0.05) is 18.2 Å². The summed E-state index contributed by atoms with van der Waals surface area (Å²) in [5, 5.41) is 4.87. The second kappa shape index (κ2) is 8.04. The Balaban J connectivity index is 1.47. The van der Waals surface area contributed by atoms with E-state index in [-0.39, 0.29) is 0 Å². The van der Waals surface area contributed by atoms with Crippen molar-refractivity contribution < 1.29 is 0 Å². The molecule has 152 valence electrons. The number of imidazole rings is 1. The Bertz CT molecular complexity index is 1160. The van der Waals surface area contributed by atoms with Gasteiger partial charge in [0.1, 0.15) is 0 Å². The molecule has 2 aromatic heterocycles. The van der Waals surface area contributed by atoms with Crippen LogP contribution in [0.3, 0.4) is 0 Å². The summed E-state index contributed by atoms with van der Waals surface area (Å²) in [5.41, 5.74) is 7.86. The fourth-order valence-corrected chi connectivity index (χ4v) is 4.58. The summed E-state index contributed by atoms with van der Waals surface area (Å²) in [7, 11) is 0. The lowest BCUT2D eigenvalue weighted by atomic mass is 9.95. The molecule has 5 rings (SSSR count). The first-order chi connectivity index (χ1) is 14.7. The van der Waals surface area contributed by atoms with Crippen molar-refractivity contribution in [3.05, 3.63) is 78.1 Å². The molecule has 1 aliphatic heterocycles. The van der Waals surface area contributed by atoms with Gasteiger partial charge in [0.2, 0.25) is 0 Å². The standard InChI is InChI=1S/C26H28N4/c1-19-9-6-7-16-29(19)17-22-14-15-26-27-25(18-30(26)28-22)24-13-8-12-23(20(24)2)21-10-4-3-5-11-21/h3-5,8,10-15,18-19H,6-7,9,16-17H2,1-2H3/t19-/m1/s1. The van der Waals surface area contributed by atoms with E-state index in [1.54, 1.807) is 0 Å². The summed E-state index contributed by atoms with van der Waals surface area (Å²) in [5.74, 6) is 0. The maximum atomic E-state index is 4.87. The molecule has 0 bridgehead atoms. The van der Waals surface area contributed by atoms with Gasteiger partial charge in [0.25, 0.3) is 0 Å². The molecule has 0 unspecified atom stereocenters. The maximum Gasteiger partial charge on any atom is 0.154 e. The fraction of sp³-hybridized carbons (Fsp3) is 0.308. The van der Waals surface area contributed by atoms with Gasteiger partial charge in [-0.2, -0.15) is 5.10 Å². The molecule has 0 amide bonds. The highest BCUT2D eigenvalue weighted by atomic mass is 15.3. The van der Waals surface area contributed by atoms with Gasteiger partial charge < -0.3 is 0 Å². The number of piperidine rings is 1. The Hall–Kier alpha value is -2.98. The molecule has 3 heterocycles. The Morgan fingerprint density at radius 1 is 0.933 bits per heavy atom. The monoisotopic (exact) mass is 396 g/mol. The molecular weight excluding hydrogens is 368 g/mol. The van der Waals surface area contributed by atoms with Crippen LogP contribution in [0.2, 0.25) is 0 Å². The van der Waals surface area contributed by atoms with Crippen LogP contribution in [-0.4, -0.2) is 32.1 Å². The Kier molecular flexibility index (Phi) is 5.09. The summed E-state index contributed by atoms with van der Waals surface area (Å²) in [6.07, 6.45) is 5.99. The molecule has 30 heavy (non-hydrogen) atoms. The zero-order valence-electron chi connectivity index (χ0n) is 17.8.